The zero-order valence-electron chi connectivity index (χ0n) is 18.0. The Morgan fingerprint density at radius 1 is 1.19 bits per heavy atom. The van der Waals surface area contributed by atoms with Crippen molar-refractivity contribution in [3.8, 4) is 0 Å². The Balaban J connectivity index is 2.40. The first-order valence-electron chi connectivity index (χ1n) is 10.1. The summed E-state index contributed by atoms with van der Waals surface area (Å²) in [5.41, 5.74) is 0.915. The standard InChI is InChI=1S/C21H29BrO8S/c1-5-6-16(28-13(3)23)20(29-14(4)24)17-11-18(19(22)21(25)30-17)31(26,27)15-9-7-12(2)8-10-15/h7-10,16-21,25H,5-6,11H2,1-4H3/t16-,17+,18-,19?,20+,21?/m1/s1. The largest absolute Gasteiger partial charge is 0.458 e. The topological polar surface area (TPSA) is 116 Å². The van der Waals surface area contributed by atoms with Crippen LogP contribution < -0.4 is 0 Å². The van der Waals surface area contributed by atoms with Crippen molar-refractivity contribution in [2.24, 2.45) is 0 Å². The van der Waals surface area contributed by atoms with E-state index in [4.69, 9.17) is 14.2 Å². The molecule has 6 atom stereocenters. The van der Waals surface area contributed by atoms with E-state index in [0.29, 0.717) is 12.8 Å². The molecule has 31 heavy (non-hydrogen) atoms. The third-order valence-electron chi connectivity index (χ3n) is 5.08. The molecule has 0 amide bonds. The molecule has 1 fully saturated rings. The van der Waals surface area contributed by atoms with Crippen LogP contribution in [0.5, 0.6) is 0 Å². The fraction of sp³-hybridized carbons (Fsp3) is 0.619. The number of aryl methyl sites for hydroxylation is 1. The zero-order chi connectivity index (χ0) is 23.3. The molecule has 1 aromatic rings. The van der Waals surface area contributed by atoms with Crippen LogP contribution in [0.3, 0.4) is 0 Å². The van der Waals surface area contributed by atoms with Crippen LogP contribution in [0.1, 0.15) is 45.6 Å². The SMILES string of the molecule is CCC[C@@H](OC(C)=O)[C@H](OC(C)=O)[C@@H]1C[C@@H](S(=O)(=O)c2ccc(C)cc2)C(Br)C(O)O1. The third kappa shape index (κ3) is 6.50. The summed E-state index contributed by atoms with van der Waals surface area (Å²) in [6.07, 6.45) is -3.43. The summed E-state index contributed by atoms with van der Waals surface area (Å²) in [5, 5.41) is 9.41. The molecule has 10 heteroatoms. The van der Waals surface area contributed by atoms with Crippen LogP contribution in [0.15, 0.2) is 29.2 Å². The van der Waals surface area contributed by atoms with Gasteiger partial charge in [-0.3, -0.25) is 9.59 Å². The number of sulfone groups is 1. The summed E-state index contributed by atoms with van der Waals surface area (Å²) in [6.45, 7) is 6.17. The van der Waals surface area contributed by atoms with Crippen molar-refractivity contribution in [2.45, 2.75) is 86.5 Å². The van der Waals surface area contributed by atoms with Crippen LogP contribution in [0, 0.1) is 6.92 Å². The second-order valence-electron chi connectivity index (χ2n) is 7.65. The Hall–Kier alpha value is -1.49. The van der Waals surface area contributed by atoms with Gasteiger partial charge in [0.25, 0.3) is 0 Å². The molecule has 2 rings (SSSR count). The maximum atomic E-state index is 13.3. The predicted molar refractivity (Wildman–Crippen MR) is 116 cm³/mol. The minimum Gasteiger partial charge on any atom is -0.458 e. The van der Waals surface area contributed by atoms with Gasteiger partial charge in [-0.25, -0.2) is 8.42 Å². The molecule has 1 aliphatic heterocycles. The highest BCUT2D eigenvalue weighted by molar-refractivity contribution is 9.09. The van der Waals surface area contributed by atoms with Crippen LogP contribution in [0.4, 0.5) is 0 Å². The number of carbonyl (C=O) groups excluding carboxylic acids is 2. The van der Waals surface area contributed by atoms with Gasteiger partial charge < -0.3 is 19.3 Å². The smallest absolute Gasteiger partial charge is 0.303 e. The maximum absolute atomic E-state index is 13.3. The highest BCUT2D eigenvalue weighted by atomic mass is 79.9. The van der Waals surface area contributed by atoms with Gasteiger partial charge in [-0.15, -0.1) is 0 Å². The number of esters is 2. The fourth-order valence-electron chi connectivity index (χ4n) is 3.64. The van der Waals surface area contributed by atoms with Crippen LogP contribution in [-0.2, 0) is 33.6 Å². The van der Waals surface area contributed by atoms with E-state index < -0.39 is 56.5 Å². The Kier molecular flexibility index (Phi) is 9.05. The van der Waals surface area contributed by atoms with E-state index in [0.717, 1.165) is 5.56 Å². The number of rotatable bonds is 8. The molecule has 2 unspecified atom stereocenters. The number of benzene rings is 1. The lowest BCUT2D eigenvalue weighted by molar-refractivity contribution is -0.215. The van der Waals surface area contributed by atoms with E-state index in [2.05, 4.69) is 15.9 Å². The van der Waals surface area contributed by atoms with Gasteiger partial charge in [0.2, 0.25) is 0 Å². The Morgan fingerprint density at radius 3 is 2.29 bits per heavy atom. The van der Waals surface area contributed by atoms with Crippen molar-refractivity contribution in [1.82, 2.24) is 0 Å². The summed E-state index contributed by atoms with van der Waals surface area (Å²) in [4.78, 5) is 22.6. The minimum atomic E-state index is -3.85. The number of aliphatic hydroxyl groups is 1. The molecule has 1 heterocycles. The van der Waals surface area contributed by atoms with Crippen molar-refractivity contribution in [1.29, 1.82) is 0 Å². The first-order valence-corrected chi connectivity index (χ1v) is 12.6. The van der Waals surface area contributed by atoms with Gasteiger partial charge in [0, 0.05) is 13.8 Å². The van der Waals surface area contributed by atoms with E-state index >= 15 is 0 Å². The fourth-order valence-corrected chi connectivity index (χ4v) is 6.61. The molecule has 0 spiro atoms. The van der Waals surface area contributed by atoms with Gasteiger partial charge >= 0.3 is 11.9 Å². The molecule has 174 valence electrons. The number of carbonyl (C=O) groups is 2. The number of aliphatic hydroxyl groups excluding tert-OH is 1. The lowest BCUT2D eigenvalue weighted by Gasteiger charge is -2.41. The van der Waals surface area contributed by atoms with Crippen molar-refractivity contribution in [3.05, 3.63) is 29.8 Å². The highest BCUT2D eigenvalue weighted by Crippen LogP contribution is 2.36. The molecule has 1 saturated heterocycles. The molecule has 0 saturated carbocycles. The second-order valence-corrected chi connectivity index (χ2v) is 10.9. The van der Waals surface area contributed by atoms with Gasteiger partial charge in [0.05, 0.1) is 15.0 Å². The molecule has 1 aliphatic rings. The summed E-state index contributed by atoms with van der Waals surface area (Å²) in [6, 6.07) is 6.43. The summed E-state index contributed by atoms with van der Waals surface area (Å²) in [7, 11) is -3.85. The van der Waals surface area contributed by atoms with Crippen molar-refractivity contribution >= 4 is 37.7 Å². The van der Waals surface area contributed by atoms with Gasteiger partial charge in [0.1, 0.15) is 12.2 Å². The number of hydrogen-bond donors (Lipinski definition) is 1. The number of halogens is 1. The first kappa shape index (κ1) is 25.8. The summed E-state index contributed by atoms with van der Waals surface area (Å²) in [5.74, 6) is -1.19. The quantitative estimate of drug-likeness (QED) is 0.410. The first-order chi connectivity index (χ1) is 14.5. The lowest BCUT2D eigenvalue weighted by atomic mass is 9.96. The molecule has 0 radical (unpaired) electrons. The zero-order valence-corrected chi connectivity index (χ0v) is 20.4. The predicted octanol–water partition coefficient (Wildman–Crippen LogP) is 2.67. The second kappa shape index (κ2) is 10.9. The van der Waals surface area contributed by atoms with Crippen LogP contribution >= 0.6 is 15.9 Å². The van der Waals surface area contributed by atoms with E-state index in [-0.39, 0.29) is 11.3 Å². The molecule has 0 aromatic heterocycles. The maximum Gasteiger partial charge on any atom is 0.303 e. The number of hydrogen-bond acceptors (Lipinski definition) is 8. The molecule has 1 aromatic carbocycles. The van der Waals surface area contributed by atoms with E-state index in [1.165, 1.54) is 26.0 Å². The summed E-state index contributed by atoms with van der Waals surface area (Å²) >= 11 is 3.26. The van der Waals surface area contributed by atoms with Crippen LogP contribution in [-0.4, -0.2) is 60.1 Å². The van der Waals surface area contributed by atoms with Gasteiger partial charge in [0.15, 0.2) is 22.2 Å². The molecular weight excluding hydrogens is 492 g/mol. The average molecular weight is 521 g/mol. The lowest BCUT2D eigenvalue weighted by Crippen LogP contribution is -2.55. The van der Waals surface area contributed by atoms with Gasteiger partial charge in [-0.1, -0.05) is 47.0 Å². The minimum absolute atomic E-state index is 0.0669. The van der Waals surface area contributed by atoms with Crippen molar-refractivity contribution in [2.75, 3.05) is 0 Å². The number of ether oxygens (including phenoxy) is 3. The Bertz CT molecular complexity index is 870. The van der Waals surface area contributed by atoms with Crippen LogP contribution in [0.25, 0.3) is 0 Å². The molecule has 1 N–H and O–H groups in total. The Morgan fingerprint density at radius 2 is 1.77 bits per heavy atom. The molecule has 0 aliphatic carbocycles. The monoisotopic (exact) mass is 520 g/mol. The average Bonchev–Trinajstić information content (AvgIpc) is 2.67. The van der Waals surface area contributed by atoms with Crippen LogP contribution in [0.2, 0.25) is 0 Å². The van der Waals surface area contributed by atoms with E-state index in [1.54, 1.807) is 12.1 Å². The summed E-state index contributed by atoms with van der Waals surface area (Å²) < 4.78 is 43.0. The van der Waals surface area contributed by atoms with Crippen molar-refractivity contribution in [3.63, 3.8) is 0 Å². The van der Waals surface area contributed by atoms with Gasteiger partial charge in [-0.2, -0.15) is 0 Å². The highest BCUT2D eigenvalue weighted by Gasteiger charge is 2.48. The third-order valence-corrected chi connectivity index (χ3v) is 8.73. The van der Waals surface area contributed by atoms with E-state index in [1.807, 2.05) is 13.8 Å². The molecular formula is C21H29BrO8S. The Labute approximate surface area is 191 Å². The number of alkyl halides is 1. The molecule has 8 nitrogen and oxygen atoms in total. The molecule has 0 bridgehead atoms. The normalized spacial score (nSPS) is 26.0. The van der Waals surface area contributed by atoms with Gasteiger partial charge in [-0.05, 0) is 31.9 Å². The van der Waals surface area contributed by atoms with Crippen molar-refractivity contribution < 1.29 is 37.3 Å². The van der Waals surface area contributed by atoms with E-state index in [9.17, 15) is 23.1 Å².